The largest absolute Gasteiger partial charge is 0.504 e. The Morgan fingerprint density at radius 3 is 2.53 bits per heavy atom. The number of ether oxygens (including phenoxy) is 2. The Kier molecular flexibility index (Phi) is 5.53. The van der Waals surface area contributed by atoms with Crippen LogP contribution in [0.4, 0.5) is 5.69 Å². The summed E-state index contributed by atoms with van der Waals surface area (Å²) >= 11 is 3.40. The first-order valence-corrected chi connectivity index (χ1v) is 11.4. The van der Waals surface area contributed by atoms with Crippen LogP contribution in [-0.4, -0.2) is 24.7 Å². The van der Waals surface area contributed by atoms with Crippen molar-refractivity contribution < 1.29 is 23.8 Å². The first-order valence-electron chi connectivity index (χ1n) is 10.6. The lowest BCUT2D eigenvalue weighted by atomic mass is 9.97. The Morgan fingerprint density at radius 1 is 1.06 bits per heavy atom. The van der Waals surface area contributed by atoms with E-state index in [-0.39, 0.29) is 28.3 Å². The van der Waals surface area contributed by atoms with Crippen molar-refractivity contribution in [2.75, 3.05) is 18.6 Å². The molecule has 3 aromatic carbocycles. The third-order valence-electron chi connectivity index (χ3n) is 5.78. The minimum Gasteiger partial charge on any atom is -0.504 e. The van der Waals surface area contributed by atoms with Gasteiger partial charge < -0.3 is 19.0 Å². The molecule has 4 aromatic rings. The zero-order chi connectivity index (χ0) is 24.0. The topological polar surface area (TPSA) is 89.2 Å². The maximum absolute atomic E-state index is 13.7. The normalized spacial score (nSPS) is 15.0. The number of nitrogens with zero attached hydrogens (tertiary/aromatic N) is 1. The lowest BCUT2D eigenvalue weighted by Gasteiger charge is -2.26. The average molecular weight is 522 g/mol. The summed E-state index contributed by atoms with van der Waals surface area (Å²) in [4.78, 5) is 28.9. The van der Waals surface area contributed by atoms with E-state index in [0.29, 0.717) is 34.6 Å². The fourth-order valence-corrected chi connectivity index (χ4v) is 4.60. The number of aromatic hydroxyl groups is 1. The van der Waals surface area contributed by atoms with Crippen LogP contribution >= 0.6 is 15.9 Å². The van der Waals surface area contributed by atoms with E-state index in [4.69, 9.17) is 13.9 Å². The number of rotatable bonds is 5. The number of carbonyl (C=O) groups excluding carboxylic acids is 1. The standard InChI is InChI=1S/C26H20BrNO6/c1-3-33-21-12-14(4-10-19(21)29)23-22-24(30)18-13-15(27)5-11-20(18)34-25(22)26(31)28(23)16-6-8-17(32-2)9-7-16/h4-13,23,29H,3H2,1-2H3. The molecule has 0 spiro atoms. The first-order chi connectivity index (χ1) is 16.4. The Bertz CT molecular complexity index is 1480. The number of hydrogen-bond acceptors (Lipinski definition) is 6. The van der Waals surface area contributed by atoms with Gasteiger partial charge in [-0.3, -0.25) is 14.5 Å². The summed E-state index contributed by atoms with van der Waals surface area (Å²) in [5.74, 6) is 0.437. The molecular weight excluding hydrogens is 502 g/mol. The van der Waals surface area contributed by atoms with Crippen LogP contribution in [0.25, 0.3) is 11.0 Å². The van der Waals surface area contributed by atoms with Crippen LogP contribution in [0.1, 0.15) is 34.6 Å². The van der Waals surface area contributed by atoms with E-state index in [9.17, 15) is 14.7 Å². The average Bonchev–Trinajstić information content (AvgIpc) is 3.13. The molecule has 7 nitrogen and oxygen atoms in total. The van der Waals surface area contributed by atoms with Gasteiger partial charge in [0.15, 0.2) is 16.9 Å². The van der Waals surface area contributed by atoms with E-state index in [1.165, 1.54) is 11.0 Å². The minimum atomic E-state index is -0.782. The molecule has 1 atom stereocenters. The molecular formula is C26H20BrNO6. The second kappa shape index (κ2) is 8.53. The molecule has 172 valence electrons. The number of amides is 1. The number of fused-ring (bicyclic) bond motifs is 2. The van der Waals surface area contributed by atoms with Gasteiger partial charge >= 0.3 is 0 Å². The van der Waals surface area contributed by atoms with E-state index < -0.39 is 11.9 Å². The molecule has 1 aliphatic rings. The van der Waals surface area contributed by atoms with Gasteiger partial charge in [0.05, 0.1) is 30.7 Å². The predicted molar refractivity (Wildman–Crippen MR) is 131 cm³/mol. The molecule has 1 unspecified atom stereocenters. The van der Waals surface area contributed by atoms with Gasteiger partial charge in [-0.15, -0.1) is 0 Å². The number of hydrogen-bond donors (Lipinski definition) is 1. The van der Waals surface area contributed by atoms with Crippen molar-refractivity contribution >= 4 is 38.5 Å². The van der Waals surface area contributed by atoms with Gasteiger partial charge in [0.1, 0.15) is 11.3 Å². The number of phenols is 1. The molecule has 0 radical (unpaired) electrons. The van der Waals surface area contributed by atoms with Gasteiger partial charge in [0.25, 0.3) is 5.91 Å². The Labute approximate surface area is 203 Å². The van der Waals surface area contributed by atoms with Crippen molar-refractivity contribution in [2.45, 2.75) is 13.0 Å². The molecule has 0 saturated carbocycles. The van der Waals surface area contributed by atoms with Crippen LogP contribution in [0, 0.1) is 0 Å². The zero-order valence-electron chi connectivity index (χ0n) is 18.4. The molecule has 0 bridgehead atoms. The maximum atomic E-state index is 13.7. The van der Waals surface area contributed by atoms with E-state index in [2.05, 4.69) is 15.9 Å². The molecule has 2 heterocycles. The lowest BCUT2D eigenvalue weighted by Crippen LogP contribution is -2.29. The summed E-state index contributed by atoms with van der Waals surface area (Å²) in [6, 6.07) is 16.1. The lowest BCUT2D eigenvalue weighted by molar-refractivity contribution is 0.0971. The monoisotopic (exact) mass is 521 g/mol. The van der Waals surface area contributed by atoms with Gasteiger partial charge in [-0.2, -0.15) is 0 Å². The van der Waals surface area contributed by atoms with Gasteiger partial charge in [-0.1, -0.05) is 22.0 Å². The highest BCUT2D eigenvalue weighted by Crippen LogP contribution is 2.43. The van der Waals surface area contributed by atoms with Crippen LogP contribution < -0.4 is 19.8 Å². The van der Waals surface area contributed by atoms with Crippen molar-refractivity contribution in [3.8, 4) is 17.2 Å². The smallest absolute Gasteiger partial charge is 0.295 e. The van der Waals surface area contributed by atoms with Crippen molar-refractivity contribution in [1.29, 1.82) is 0 Å². The highest BCUT2D eigenvalue weighted by molar-refractivity contribution is 9.10. The van der Waals surface area contributed by atoms with Crippen LogP contribution in [0.3, 0.4) is 0 Å². The third kappa shape index (κ3) is 3.51. The molecule has 8 heteroatoms. The fourth-order valence-electron chi connectivity index (χ4n) is 4.24. The van der Waals surface area contributed by atoms with Crippen molar-refractivity contribution in [3.63, 3.8) is 0 Å². The quantitative estimate of drug-likeness (QED) is 0.377. The predicted octanol–water partition coefficient (Wildman–Crippen LogP) is 5.42. The van der Waals surface area contributed by atoms with Gasteiger partial charge in [0, 0.05) is 10.2 Å². The van der Waals surface area contributed by atoms with E-state index >= 15 is 0 Å². The van der Waals surface area contributed by atoms with E-state index in [1.807, 2.05) is 6.92 Å². The minimum absolute atomic E-state index is 0.00771. The van der Waals surface area contributed by atoms with Crippen LogP contribution in [0.2, 0.25) is 0 Å². The molecule has 1 N–H and O–H groups in total. The Balaban J connectivity index is 1.78. The Hall–Kier alpha value is -3.78. The summed E-state index contributed by atoms with van der Waals surface area (Å²) < 4.78 is 17.5. The number of halogens is 1. The highest BCUT2D eigenvalue weighted by atomic mass is 79.9. The van der Waals surface area contributed by atoms with Crippen molar-refractivity contribution in [2.24, 2.45) is 0 Å². The van der Waals surface area contributed by atoms with Gasteiger partial charge in [-0.05, 0) is 67.1 Å². The van der Waals surface area contributed by atoms with Crippen LogP contribution in [-0.2, 0) is 0 Å². The molecule has 1 amide bonds. The maximum Gasteiger partial charge on any atom is 0.295 e. The molecule has 0 aliphatic carbocycles. The summed E-state index contributed by atoms with van der Waals surface area (Å²) in [5.41, 5.74) is 1.44. The SMILES string of the molecule is CCOc1cc(C2c3c(oc4ccc(Br)cc4c3=O)C(=O)N2c2ccc(OC)cc2)ccc1O. The molecule has 0 fully saturated rings. The molecule has 1 aromatic heterocycles. The number of benzene rings is 3. The molecule has 1 aliphatic heterocycles. The Morgan fingerprint density at radius 2 is 1.82 bits per heavy atom. The number of anilines is 1. The van der Waals surface area contributed by atoms with Crippen molar-refractivity contribution in [3.05, 3.63) is 92.2 Å². The highest BCUT2D eigenvalue weighted by Gasteiger charge is 2.44. The first kappa shape index (κ1) is 22.0. The van der Waals surface area contributed by atoms with E-state index in [1.54, 1.807) is 61.7 Å². The second-order valence-corrected chi connectivity index (χ2v) is 8.67. The van der Waals surface area contributed by atoms with E-state index in [0.717, 1.165) is 4.47 Å². The van der Waals surface area contributed by atoms with Crippen LogP contribution in [0.5, 0.6) is 17.2 Å². The fraction of sp³-hybridized carbons (Fsp3) is 0.154. The number of methoxy groups -OCH3 is 1. The van der Waals surface area contributed by atoms with Gasteiger partial charge in [-0.25, -0.2) is 0 Å². The summed E-state index contributed by atoms with van der Waals surface area (Å²) in [7, 11) is 1.56. The second-order valence-electron chi connectivity index (χ2n) is 7.75. The number of phenolic OH excluding ortho intramolecular Hbond substituents is 1. The molecule has 34 heavy (non-hydrogen) atoms. The third-order valence-corrected chi connectivity index (χ3v) is 6.28. The molecule has 0 saturated heterocycles. The summed E-state index contributed by atoms with van der Waals surface area (Å²) in [5, 5.41) is 10.6. The summed E-state index contributed by atoms with van der Waals surface area (Å²) in [6.07, 6.45) is 0. The summed E-state index contributed by atoms with van der Waals surface area (Å²) in [6.45, 7) is 2.16. The molecule has 5 rings (SSSR count). The van der Waals surface area contributed by atoms with Crippen LogP contribution in [0.15, 0.2) is 74.3 Å². The number of carbonyl (C=O) groups is 1. The van der Waals surface area contributed by atoms with Gasteiger partial charge in [0.2, 0.25) is 5.76 Å². The van der Waals surface area contributed by atoms with Crippen molar-refractivity contribution in [1.82, 2.24) is 0 Å². The zero-order valence-corrected chi connectivity index (χ0v) is 20.0.